The van der Waals surface area contributed by atoms with Crippen LogP contribution in [0.1, 0.15) is 81.6 Å². The van der Waals surface area contributed by atoms with Crippen molar-refractivity contribution in [2.24, 2.45) is 63.1 Å². The zero-order valence-corrected chi connectivity index (χ0v) is 18.4. The monoisotopic (exact) mass is 342 g/mol. The fourth-order valence-electron chi connectivity index (χ4n) is 9.97. The number of rotatable bonds is 0. The average molecular weight is 343 g/mol. The van der Waals surface area contributed by atoms with Crippen LogP contribution in [0.4, 0.5) is 0 Å². The predicted molar refractivity (Wildman–Crippen MR) is 108 cm³/mol. The van der Waals surface area contributed by atoms with Crippen LogP contribution in [0.15, 0.2) is 12.2 Å². The first-order valence-corrected chi connectivity index (χ1v) is 11.0. The van der Waals surface area contributed by atoms with Crippen LogP contribution in [0.3, 0.4) is 0 Å². The molecule has 10 atom stereocenters. The minimum absolute atomic E-state index is 0.384. The Labute approximate surface area is 157 Å². The van der Waals surface area contributed by atoms with Crippen LogP contribution in [0.5, 0.6) is 0 Å². The Morgan fingerprint density at radius 1 is 0.920 bits per heavy atom. The molecule has 1 spiro atoms. The SMILES string of the molecule is C=C1[C@@H](C)[C@]23C[C@@]1(C)C(C)CC2[C@]1(C)CC(C)C(C)C(C)(C)C1[C@@H]3C. The van der Waals surface area contributed by atoms with E-state index < -0.39 is 0 Å². The van der Waals surface area contributed by atoms with E-state index in [2.05, 4.69) is 62.3 Å². The third-order valence-corrected chi connectivity index (χ3v) is 11.5. The van der Waals surface area contributed by atoms with Gasteiger partial charge in [-0.3, -0.25) is 0 Å². The normalized spacial score (nSPS) is 62.6. The molecule has 0 amide bonds. The minimum Gasteiger partial charge on any atom is -0.0990 e. The van der Waals surface area contributed by atoms with E-state index in [4.69, 9.17) is 6.58 Å². The highest BCUT2D eigenvalue weighted by Gasteiger charge is 2.75. The van der Waals surface area contributed by atoms with E-state index in [1.807, 2.05) is 0 Å². The summed E-state index contributed by atoms with van der Waals surface area (Å²) >= 11 is 0. The number of fused-ring (bicyclic) bond motifs is 3. The smallest absolute Gasteiger partial charge is 0.00848 e. The molecular weight excluding hydrogens is 300 g/mol. The second kappa shape index (κ2) is 4.77. The number of allylic oxidation sites excluding steroid dienone is 1. The van der Waals surface area contributed by atoms with Crippen molar-refractivity contribution in [3.63, 3.8) is 0 Å². The van der Waals surface area contributed by atoms with Crippen molar-refractivity contribution in [3.05, 3.63) is 12.2 Å². The average Bonchev–Trinajstić information content (AvgIpc) is 2.81. The van der Waals surface area contributed by atoms with Gasteiger partial charge in [0, 0.05) is 0 Å². The fraction of sp³-hybridized carbons (Fsp3) is 0.920. The fourth-order valence-corrected chi connectivity index (χ4v) is 9.97. The molecular formula is C25H42. The van der Waals surface area contributed by atoms with Gasteiger partial charge in [-0.05, 0) is 82.3 Å². The summed E-state index contributed by atoms with van der Waals surface area (Å²) in [6.45, 7) is 28.0. The largest absolute Gasteiger partial charge is 0.0990 e. The lowest BCUT2D eigenvalue weighted by Crippen LogP contribution is -2.51. The number of hydrogen-bond donors (Lipinski definition) is 0. The molecule has 4 fully saturated rings. The second-order valence-electron chi connectivity index (χ2n) is 12.2. The third kappa shape index (κ3) is 1.72. The molecule has 0 aromatic rings. The van der Waals surface area contributed by atoms with E-state index in [1.54, 1.807) is 5.57 Å². The second-order valence-corrected chi connectivity index (χ2v) is 12.2. The standard InChI is InChI=1S/C25H42/c1-14-12-23(9)20-11-15(2)24(10)13-25(20,18(5)17(24)4)19(6)21(23)22(7,8)16(14)3/h14-16,18-21H,4,11-13H2,1-3,5-10H3/t14?,15?,16?,18-,19+,20?,21?,23+,24+,25+/m1/s1. The maximum Gasteiger partial charge on any atom is -0.00848 e. The van der Waals surface area contributed by atoms with E-state index in [-0.39, 0.29) is 0 Å². The predicted octanol–water partition coefficient (Wildman–Crippen LogP) is 7.21. The third-order valence-electron chi connectivity index (χ3n) is 11.5. The molecule has 0 radical (unpaired) electrons. The van der Waals surface area contributed by atoms with Gasteiger partial charge in [-0.1, -0.05) is 74.5 Å². The molecule has 4 rings (SSSR count). The van der Waals surface area contributed by atoms with E-state index >= 15 is 0 Å². The molecule has 0 nitrogen and oxygen atoms in total. The summed E-state index contributed by atoms with van der Waals surface area (Å²) in [6, 6.07) is 0. The Kier molecular flexibility index (Phi) is 3.46. The summed E-state index contributed by atoms with van der Waals surface area (Å²) in [6.07, 6.45) is 4.30. The van der Waals surface area contributed by atoms with Gasteiger partial charge in [0.15, 0.2) is 0 Å². The van der Waals surface area contributed by atoms with Gasteiger partial charge in [0.25, 0.3) is 0 Å². The molecule has 0 heteroatoms. The molecule has 0 heterocycles. The van der Waals surface area contributed by atoms with E-state index in [1.165, 1.54) is 19.3 Å². The van der Waals surface area contributed by atoms with Gasteiger partial charge in [0.05, 0.1) is 0 Å². The topological polar surface area (TPSA) is 0 Å². The molecule has 0 aliphatic heterocycles. The maximum absolute atomic E-state index is 4.70. The molecule has 4 aliphatic rings. The Hall–Kier alpha value is -0.260. The van der Waals surface area contributed by atoms with Crippen LogP contribution < -0.4 is 0 Å². The van der Waals surface area contributed by atoms with Gasteiger partial charge in [0.2, 0.25) is 0 Å². The molecule has 0 saturated heterocycles. The summed E-state index contributed by atoms with van der Waals surface area (Å²) in [5, 5.41) is 0. The Balaban J connectivity index is 1.92. The van der Waals surface area contributed by atoms with Crippen molar-refractivity contribution >= 4 is 0 Å². The van der Waals surface area contributed by atoms with Crippen molar-refractivity contribution in [2.75, 3.05) is 0 Å². The van der Waals surface area contributed by atoms with Crippen molar-refractivity contribution in [2.45, 2.75) is 81.6 Å². The zero-order valence-electron chi connectivity index (χ0n) is 18.4. The molecule has 4 aliphatic carbocycles. The summed E-state index contributed by atoms with van der Waals surface area (Å²) < 4.78 is 0. The molecule has 25 heavy (non-hydrogen) atoms. The van der Waals surface area contributed by atoms with E-state index in [9.17, 15) is 0 Å². The summed E-state index contributed by atoms with van der Waals surface area (Å²) in [5.74, 6) is 5.75. The van der Waals surface area contributed by atoms with Gasteiger partial charge < -0.3 is 0 Å². The van der Waals surface area contributed by atoms with Crippen LogP contribution in [0.2, 0.25) is 0 Å². The first kappa shape index (κ1) is 18.1. The van der Waals surface area contributed by atoms with Crippen molar-refractivity contribution in [1.29, 1.82) is 0 Å². The van der Waals surface area contributed by atoms with Crippen LogP contribution in [-0.4, -0.2) is 0 Å². The van der Waals surface area contributed by atoms with Gasteiger partial charge in [-0.2, -0.15) is 0 Å². The molecule has 142 valence electrons. The van der Waals surface area contributed by atoms with Crippen LogP contribution in [-0.2, 0) is 0 Å². The first-order chi connectivity index (χ1) is 11.3. The highest BCUT2D eigenvalue weighted by Crippen LogP contribution is 2.82. The van der Waals surface area contributed by atoms with Crippen LogP contribution in [0.25, 0.3) is 0 Å². The molecule has 0 N–H and O–H groups in total. The van der Waals surface area contributed by atoms with Gasteiger partial charge in [-0.25, -0.2) is 0 Å². The molecule has 0 aromatic carbocycles. The molecule has 0 aromatic heterocycles. The van der Waals surface area contributed by atoms with Crippen molar-refractivity contribution < 1.29 is 0 Å². The lowest BCUT2D eigenvalue weighted by molar-refractivity contribution is -0.0879. The van der Waals surface area contributed by atoms with Crippen molar-refractivity contribution in [3.8, 4) is 0 Å². The van der Waals surface area contributed by atoms with Gasteiger partial charge >= 0.3 is 0 Å². The van der Waals surface area contributed by atoms with Gasteiger partial charge in [-0.15, -0.1) is 0 Å². The lowest BCUT2D eigenvalue weighted by atomic mass is 9.47. The van der Waals surface area contributed by atoms with Crippen molar-refractivity contribution in [1.82, 2.24) is 0 Å². The summed E-state index contributed by atoms with van der Waals surface area (Å²) in [7, 11) is 0. The first-order valence-electron chi connectivity index (χ1n) is 11.0. The van der Waals surface area contributed by atoms with Crippen LogP contribution >= 0.6 is 0 Å². The van der Waals surface area contributed by atoms with Gasteiger partial charge in [0.1, 0.15) is 0 Å². The summed E-state index contributed by atoms with van der Waals surface area (Å²) in [5.41, 5.74) is 3.45. The number of hydrogen-bond acceptors (Lipinski definition) is 0. The highest BCUT2D eigenvalue weighted by atomic mass is 14.8. The Bertz CT molecular complexity index is 614. The quantitative estimate of drug-likeness (QED) is 0.408. The van der Waals surface area contributed by atoms with Crippen LogP contribution in [0, 0.1) is 63.1 Å². The van der Waals surface area contributed by atoms with E-state index in [0.717, 1.165) is 35.5 Å². The molecule has 2 bridgehead atoms. The Morgan fingerprint density at radius 3 is 2.12 bits per heavy atom. The maximum atomic E-state index is 4.70. The van der Waals surface area contributed by atoms with E-state index in [0.29, 0.717) is 27.6 Å². The molecule has 4 saturated carbocycles. The molecule has 5 unspecified atom stereocenters. The highest BCUT2D eigenvalue weighted by molar-refractivity contribution is 5.34. The summed E-state index contributed by atoms with van der Waals surface area (Å²) in [4.78, 5) is 0. The zero-order chi connectivity index (χ0) is 18.7. The Morgan fingerprint density at radius 2 is 1.52 bits per heavy atom. The minimum atomic E-state index is 0.384. The lowest BCUT2D eigenvalue weighted by Gasteiger charge is -2.57.